The van der Waals surface area contributed by atoms with Crippen molar-refractivity contribution < 1.29 is 4.87 Å². The van der Waals surface area contributed by atoms with Crippen molar-refractivity contribution in [2.24, 2.45) is 5.84 Å². The van der Waals surface area contributed by atoms with E-state index in [2.05, 4.69) is 11.2 Å². The van der Waals surface area contributed by atoms with Crippen molar-refractivity contribution in [2.45, 2.75) is 0 Å². The van der Waals surface area contributed by atoms with Crippen LogP contribution in [0.2, 0.25) is 5.15 Å². The van der Waals surface area contributed by atoms with Crippen molar-refractivity contribution in [2.75, 3.05) is 0 Å². The number of nitrogens with zero attached hydrogens (tertiary/aromatic N) is 2. The van der Waals surface area contributed by atoms with Crippen LogP contribution in [0.3, 0.4) is 0 Å². The monoisotopic (exact) mass is 157 g/mol. The zero-order chi connectivity index (χ0) is 7.56. The zero-order valence-corrected chi connectivity index (χ0v) is 5.67. The summed E-state index contributed by atoms with van der Waals surface area (Å²) in [7, 11) is 0. The molecule has 0 aliphatic heterocycles. The second-order valence-corrected chi connectivity index (χ2v) is 1.98. The van der Waals surface area contributed by atoms with Gasteiger partial charge in [0.1, 0.15) is 5.15 Å². The first-order chi connectivity index (χ1) is 4.70. The summed E-state index contributed by atoms with van der Waals surface area (Å²) in [4.78, 5) is 14.0. The van der Waals surface area contributed by atoms with E-state index in [-0.39, 0.29) is 15.7 Å². The van der Waals surface area contributed by atoms with Gasteiger partial charge in [-0.3, -0.25) is 0 Å². The maximum atomic E-state index is 10.3. The number of nitrogens with two attached hydrogens (primary N) is 1. The lowest BCUT2D eigenvalue weighted by molar-refractivity contribution is -0.475. The highest BCUT2D eigenvalue weighted by Gasteiger charge is 2.07. The topological polar surface area (TPSA) is 59.0 Å². The standard InChI is InChI=1S/C5H4ClN3O/c6-5-2-1-4(3-8-5)9(7)10/h1-2H,(H2,7,10)/q+1. The number of pyridine rings is 1. The quantitative estimate of drug-likeness (QED) is 0.284. The third-order valence-electron chi connectivity index (χ3n) is 0.893. The van der Waals surface area contributed by atoms with E-state index in [9.17, 15) is 4.91 Å². The number of hydrogen-bond acceptors (Lipinski definition) is 2. The van der Waals surface area contributed by atoms with E-state index in [4.69, 9.17) is 17.4 Å². The molecule has 0 saturated carbocycles. The molecule has 1 heterocycles. The summed E-state index contributed by atoms with van der Waals surface area (Å²) in [6.45, 7) is 0. The Bertz CT molecular complexity index is 246. The molecule has 1 rings (SSSR count). The van der Waals surface area contributed by atoms with Gasteiger partial charge in [-0.15, -0.1) is 0 Å². The van der Waals surface area contributed by atoms with Crippen molar-refractivity contribution in [3.63, 3.8) is 0 Å². The maximum absolute atomic E-state index is 10.3. The van der Waals surface area contributed by atoms with Crippen LogP contribution in [0.1, 0.15) is 0 Å². The number of nitroso groups, excluding NO2 is 1. The number of hydrazine groups is 1. The summed E-state index contributed by atoms with van der Waals surface area (Å²) in [5, 5.41) is 0.283. The molecule has 0 aliphatic carbocycles. The lowest BCUT2D eigenvalue weighted by Gasteiger charge is -1.83. The highest BCUT2D eigenvalue weighted by atomic mass is 35.5. The highest BCUT2D eigenvalue weighted by Crippen LogP contribution is 2.08. The molecule has 0 unspecified atom stereocenters. The van der Waals surface area contributed by atoms with Crippen molar-refractivity contribution in [3.05, 3.63) is 28.4 Å². The average Bonchev–Trinajstić information content (AvgIpc) is 1.88. The van der Waals surface area contributed by atoms with E-state index in [0.29, 0.717) is 0 Å². The lowest BCUT2D eigenvalue weighted by atomic mass is 10.4. The molecule has 0 aromatic carbocycles. The van der Waals surface area contributed by atoms with Crippen LogP contribution in [0.25, 0.3) is 0 Å². The lowest BCUT2D eigenvalue weighted by Crippen LogP contribution is -2.08. The molecule has 0 amide bonds. The third-order valence-corrected chi connectivity index (χ3v) is 1.10. The Hall–Kier alpha value is -1.16. The number of rotatable bonds is 1. The molecule has 10 heavy (non-hydrogen) atoms. The molecular weight excluding hydrogens is 154 g/mol. The number of hydrogen-bond donors (Lipinski definition) is 1. The van der Waals surface area contributed by atoms with E-state index in [0.717, 1.165) is 0 Å². The van der Waals surface area contributed by atoms with Gasteiger partial charge in [0.25, 0.3) is 0 Å². The number of aromatic nitrogens is 1. The summed E-state index contributed by atoms with van der Waals surface area (Å²) >= 11 is 5.41. The Kier molecular flexibility index (Phi) is 1.82. The minimum atomic E-state index is 0.157. The molecule has 0 fully saturated rings. The van der Waals surface area contributed by atoms with Crippen LogP contribution in [-0.4, -0.2) is 9.85 Å². The van der Waals surface area contributed by atoms with Crippen LogP contribution in [-0.2, 0) is 0 Å². The van der Waals surface area contributed by atoms with Crippen LogP contribution in [0.4, 0.5) is 5.69 Å². The molecule has 2 N–H and O–H groups in total. The Labute approximate surface area is 62.2 Å². The molecule has 0 spiro atoms. The van der Waals surface area contributed by atoms with Gasteiger partial charge in [0.05, 0.1) is 4.91 Å². The normalized spacial score (nSPS) is 9.30. The minimum absolute atomic E-state index is 0.157. The van der Waals surface area contributed by atoms with Crippen LogP contribution >= 0.6 is 11.6 Å². The Morgan fingerprint density at radius 2 is 2.40 bits per heavy atom. The molecule has 1 aromatic rings. The SMILES string of the molecule is N[N+](=O)c1[c]nc(Cl)cc1. The maximum Gasteiger partial charge on any atom is 0.319 e. The van der Waals surface area contributed by atoms with E-state index < -0.39 is 0 Å². The molecule has 5 heteroatoms. The zero-order valence-electron chi connectivity index (χ0n) is 4.91. The van der Waals surface area contributed by atoms with E-state index in [1.54, 1.807) is 0 Å². The van der Waals surface area contributed by atoms with Gasteiger partial charge in [-0.2, -0.15) is 5.84 Å². The fraction of sp³-hybridized carbons (Fsp3) is 0. The van der Waals surface area contributed by atoms with Crippen LogP contribution in [0.15, 0.2) is 12.1 Å². The molecular formula is C5H4ClN3O+. The highest BCUT2D eigenvalue weighted by molar-refractivity contribution is 6.29. The van der Waals surface area contributed by atoms with Gasteiger partial charge in [0, 0.05) is 6.07 Å². The summed E-state index contributed by atoms with van der Waals surface area (Å²) in [5.74, 6) is 4.83. The van der Waals surface area contributed by atoms with Crippen LogP contribution < -0.4 is 5.84 Å². The molecule has 0 atom stereocenters. The van der Waals surface area contributed by atoms with Gasteiger partial charge in [-0.1, -0.05) is 11.6 Å². The summed E-state index contributed by atoms with van der Waals surface area (Å²) in [5.41, 5.74) is 0.157. The molecule has 0 saturated heterocycles. The molecule has 0 bridgehead atoms. The summed E-state index contributed by atoms with van der Waals surface area (Å²) < 4.78 is 0. The van der Waals surface area contributed by atoms with Gasteiger partial charge in [0.2, 0.25) is 0 Å². The first-order valence-electron chi connectivity index (χ1n) is 2.46. The Morgan fingerprint density at radius 3 is 2.80 bits per heavy atom. The van der Waals surface area contributed by atoms with Gasteiger partial charge >= 0.3 is 5.69 Å². The van der Waals surface area contributed by atoms with Gasteiger partial charge < -0.3 is 0 Å². The predicted molar refractivity (Wildman–Crippen MR) is 35.6 cm³/mol. The Balaban J connectivity index is 3.00. The molecule has 1 radical (unpaired) electrons. The largest absolute Gasteiger partial charge is 0.319 e. The molecule has 0 aliphatic rings. The average molecular weight is 158 g/mol. The smallest absolute Gasteiger partial charge is 0.227 e. The Morgan fingerprint density at radius 1 is 1.70 bits per heavy atom. The van der Waals surface area contributed by atoms with Crippen LogP contribution in [0.5, 0.6) is 0 Å². The molecule has 1 aromatic heterocycles. The first-order valence-corrected chi connectivity index (χ1v) is 2.84. The van der Waals surface area contributed by atoms with Crippen molar-refractivity contribution in [1.82, 2.24) is 4.98 Å². The fourth-order valence-corrected chi connectivity index (χ4v) is 0.561. The van der Waals surface area contributed by atoms with Crippen LogP contribution in [0, 0.1) is 11.1 Å². The second-order valence-electron chi connectivity index (χ2n) is 1.59. The van der Waals surface area contributed by atoms with Crippen molar-refractivity contribution >= 4 is 17.3 Å². The van der Waals surface area contributed by atoms with Gasteiger partial charge in [-0.25, -0.2) is 4.98 Å². The first kappa shape index (κ1) is 6.95. The van der Waals surface area contributed by atoms with Crippen molar-refractivity contribution in [1.29, 1.82) is 0 Å². The summed E-state index contributed by atoms with van der Waals surface area (Å²) in [6.07, 6.45) is 2.34. The van der Waals surface area contributed by atoms with Gasteiger partial charge in [0.15, 0.2) is 11.1 Å². The predicted octanol–water partition coefficient (Wildman–Crippen LogP) is 0.819. The molecule has 51 valence electrons. The molecule has 4 nitrogen and oxygen atoms in total. The van der Waals surface area contributed by atoms with Gasteiger partial charge in [-0.05, 0) is 6.07 Å². The second kappa shape index (κ2) is 2.62. The number of halogens is 1. The third kappa shape index (κ3) is 1.41. The van der Waals surface area contributed by atoms with E-state index >= 15 is 0 Å². The van der Waals surface area contributed by atoms with E-state index in [1.165, 1.54) is 12.1 Å². The fourth-order valence-electron chi connectivity index (χ4n) is 0.456. The van der Waals surface area contributed by atoms with E-state index in [1.807, 2.05) is 0 Å². The van der Waals surface area contributed by atoms with Crippen molar-refractivity contribution in [3.8, 4) is 0 Å². The minimum Gasteiger partial charge on any atom is -0.227 e. The summed E-state index contributed by atoms with van der Waals surface area (Å²) in [6, 6.07) is 2.90.